The molecule has 0 radical (unpaired) electrons. The van der Waals surface area contributed by atoms with Crippen LogP contribution in [0.4, 0.5) is 0 Å². The Kier molecular flexibility index (Phi) is 10.7. The molecule has 2 N–H and O–H groups in total. The summed E-state index contributed by atoms with van der Waals surface area (Å²) in [6.07, 6.45) is -0.0585. The standard InChI is InChI=1S/C35H46N2O4/c1-34(2,3)25-35(4,5)37-33(38)30-32(41-23-28-19-13-8-14-20-28)31(40-22-27-17-11-7-12-18-27)29(36-30)24-39-21-26-15-9-6-10-16-26/h6-20,29-32,36H,21-25H2,1-5H3,(H,37,38)/t29-,30+,31-,32-/m0/s1. The fourth-order valence-corrected chi connectivity index (χ4v) is 5.80. The number of rotatable bonds is 13. The lowest BCUT2D eigenvalue weighted by Crippen LogP contribution is -2.55. The Bertz CT molecular complexity index is 1200. The van der Waals surface area contributed by atoms with Crippen molar-refractivity contribution in [2.75, 3.05) is 6.61 Å². The molecule has 0 bridgehead atoms. The summed E-state index contributed by atoms with van der Waals surface area (Å²) in [7, 11) is 0. The molecule has 6 nitrogen and oxygen atoms in total. The molecule has 1 aliphatic heterocycles. The second-order valence-electron chi connectivity index (χ2n) is 12.9. The topological polar surface area (TPSA) is 68.8 Å². The summed E-state index contributed by atoms with van der Waals surface area (Å²) in [5, 5.41) is 6.85. The summed E-state index contributed by atoms with van der Waals surface area (Å²) in [6.45, 7) is 12.4. The van der Waals surface area contributed by atoms with E-state index in [1.54, 1.807) is 0 Å². The normalized spacial score (nSPS) is 21.1. The van der Waals surface area contributed by atoms with Crippen molar-refractivity contribution in [2.45, 2.75) is 90.7 Å². The van der Waals surface area contributed by atoms with Crippen LogP contribution in [0.15, 0.2) is 91.0 Å². The van der Waals surface area contributed by atoms with Crippen LogP contribution in [-0.4, -0.2) is 42.3 Å². The Labute approximate surface area is 245 Å². The molecular formula is C35H46N2O4. The average molecular weight is 559 g/mol. The minimum absolute atomic E-state index is 0.0677. The second kappa shape index (κ2) is 14.2. The minimum atomic E-state index is -0.593. The fraction of sp³-hybridized carbons (Fsp3) is 0.457. The smallest absolute Gasteiger partial charge is 0.240 e. The Morgan fingerprint density at radius 3 is 1.66 bits per heavy atom. The third-order valence-corrected chi connectivity index (χ3v) is 7.14. The maximum atomic E-state index is 13.9. The van der Waals surface area contributed by atoms with Crippen molar-refractivity contribution in [3.8, 4) is 0 Å². The van der Waals surface area contributed by atoms with Gasteiger partial charge in [0.05, 0.1) is 32.5 Å². The molecule has 0 unspecified atom stereocenters. The van der Waals surface area contributed by atoms with Crippen molar-refractivity contribution in [1.29, 1.82) is 0 Å². The van der Waals surface area contributed by atoms with Crippen LogP contribution in [0.2, 0.25) is 0 Å². The zero-order valence-electron chi connectivity index (χ0n) is 25.1. The molecule has 220 valence electrons. The summed E-state index contributed by atoms with van der Waals surface area (Å²) < 4.78 is 19.2. The summed E-state index contributed by atoms with van der Waals surface area (Å²) in [5.41, 5.74) is 2.90. The summed E-state index contributed by atoms with van der Waals surface area (Å²) in [4.78, 5) is 13.9. The van der Waals surface area contributed by atoms with Gasteiger partial charge in [0.15, 0.2) is 0 Å². The Morgan fingerprint density at radius 2 is 1.17 bits per heavy atom. The van der Waals surface area contributed by atoms with E-state index in [9.17, 15) is 4.79 Å². The van der Waals surface area contributed by atoms with Gasteiger partial charge in [-0.3, -0.25) is 10.1 Å². The van der Waals surface area contributed by atoms with Crippen LogP contribution in [0.5, 0.6) is 0 Å². The van der Waals surface area contributed by atoms with Gasteiger partial charge in [-0.1, -0.05) is 112 Å². The molecule has 0 saturated carbocycles. The Hall–Kier alpha value is -3.03. The maximum Gasteiger partial charge on any atom is 0.240 e. The van der Waals surface area contributed by atoms with Crippen molar-refractivity contribution in [3.05, 3.63) is 108 Å². The first kappa shape index (κ1) is 30.9. The van der Waals surface area contributed by atoms with E-state index in [0.29, 0.717) is 26.4 Å². The predicted octanol–water partition coefficient (Wildman–Crippen LogP) is 6.05. The molecule has 1 saturated heterocycles. The van der Waals surface area contributed by atoms with Crippen molar-refractivity contribution >= 4 is 5.91 Å². The number of carbonyl (C=O) groups is 1. The molecule has 3 aromatic rings. The number of carbonyl (C=O) groups excluding carboxylic acids is 1. The van der Waals surface area contributed by atoms with Gasteiger partial charge in [-0.05, 0) is 42.4 Å². The van der Waals surface area contributed by atoms with E-state index in [0.717, 1.165) is 23.1 Å². The molecule has 0 aromatic heterocycles. The molecule has 0 aliphatic carbocycles. The molecule has 1 aliphatic rings. The third kappa shape index (κ3) is 9.79. The number of hydrogen-bond donors (Lipinski definition) is 2. The van der Waals surface area contributed by atoms with Gasteiger partial charge in [0, 0.05) is 5.54 Å². The highest BCUT2D eigenvalue weighted by Crippen LogP contribution is 2.29. The van der Waals surface area contributed by atoms with Crippen molar-refractivity contribution in [3.63, 3.8) is 0 Å². The largest absolute Gasteiger partial charge is 0.375 e. The first-order valence-corrected chi connectivity index (χ1v) is 14.6. The molecule has 1 fully saturated rings. The van der Waals surface area contributed by atoms with Gasteiger partial charge in [0.1, 0.15) is 18.2 Å². The van der Waals surface area contributed by atoms with Crippen molar-refractivity contribution in [2.24, 2.45) is 5.41 Å². The van der Waals surface area contributed by atoms with Crippen LogP contribution in [0.1, 0.15) is 57.7 Å². The first-order chi connectivity index (χ1) is 19.6. The van der Waals surface area contributed by atoms with Gasteiger partial charge < -0.3 is 19.5 Å². The minimum Gasteiger partial charge on any atom is -0.375 e. The summed E-state index contributed by atoms with van der Waals surface area (Å²) in [5.74, 6) is -0.0869. The lowest BCUT2D eigenvalue weighted by molar-refractivity contribution is -0.132. The average Bonchev–Trinajstić information content (AvgIpc) is 3.28. The number of hydrogen-bond acceptors (Lipinski definition) is 5. The zero-order chi connectivity index (χ0) is 29.3. The SMILES string of the molecule is CC(C)(C)CC(C)(C)NC(=O)[C@@H]1N[C@@H](COCc2ccccc2)[C@H](OCc2ccccc2)[C@H]1OCc1ccccc1. The number of benzene rings is 3. The van der Waals surface area contributed by atoms with Gasteiger partial charge in [-0.2, -0.15) is 0 Å². The molecule has 1 heterocycles. The quantitative estimate of drug-likeness (QED) is 0.268. The molecule has 41 heavy (non-hydrogen) atoms. The maximum absolute atomic E-state index is 13.9. The highest BCUT2D eigenvalue weighted by atomic mass is 16.5. The van der Waals surface area contributed by atoms with E-state index in [1.807, 2.05) is 91.0 Å². The second-order valence-corrected chi connectivity index (χ2v) is 12.9. The van der Waals surface area contributed by atoms with Crippen LogP contribution in [0.25, 0.3) is 0 Å². The highest BCUT2D eigenvalue weighted by Gasteiger charge is 2.49. The summed E-state index contributed by atoms with van der Waals surface area (Å²) >= 11 is 0. The molecule has 4 atom stereocenters. The molecule has 4 rings (SSSR count). The van der Waals surface area contributed by atoms with E-state index in [1.165, 1.54) is 0 Å². The van der Waals surface area contributed by atoms with E-state index >= 15 is 0 Å². The fourth-order valence-electron chi connectivity index (χ4n) is 5.80. The lowest BCUT2D eigenvalue weighted by Gasteiger charge is -2.35. The van der Waals surface area contributed by atoms with Crippen LogP contribution >= 0.6 is 0 Å². The van der Waals surface area contributed by atoms with Gasteiger partial charge in [-0.15, -0.1) is 0 Å². The van der Waals surface area contributed by atoms with Gasteiger partial charge in [-0.25, -0.2) is 0 Å². The van der Waals surface area contributed by atoms with Crippen LogP contribution < -0.4 is 10.6 Å². The van der Waals surface area contributed by atoms with Crippen LogP contribution in [0, 0.1) is 5.41 Å². The van der Waals surface area contributed by atoms with E-state index in [2.05, 4.69) is 45.3 Å². The lowest BCUT2D eigenvalue weighted by atomic mass is 9.81. The molecule has 6 heteroatoms. The van der Waals surface area contributed by atoms with E-state index in [-0.39, 0.29) is 22.9 Å². The van der Waals surface area contributed by atoms with Crippen LogP contribution in [0.3, 0.4) is 0 Å². The summed E-state index contributed by atoms with van der Waals surface area (Å²) in [6, 6.07) is 29.4. The number of amides is 1. The molecule has 0 spiro atoms. The Balaban J connectivity index is 1.55. The third-order valence-electron chi connectivity index (χ3n) is 7.14. The Morgan fingerprint density at radius 1 is 0.707 bits per heavy atom. The monoisotopic (exact) mass is 558 g/mol. The van der Waals surface area contributed by atoms with Gasteiger partial charge in [0.25, 0.3) is 0 Å². The molecular weight excluding hydrogens is 512 g/mol. The van der Waals surface area contributed by atoms with Gasteiger partial charge >= 0.3 is 0 Å². The highest BCUT2D eigenvalue weighted by molar-refractivity contribution is 5.83. The van der Waals surface area contributed by atoms with Gasteiger partial charge in [0.2, 0.25) is 5.91 Å². The zero-order valence-corrected chi connectivity index (χ0v) is 25.1. The molecule has 3 aromatic carbocycles. The first-order valence-electron chi connectivity index (χ1n) is 14.6. The number of ether oxygens (including phenoxy) is 3. The van der Waals surface area contributed by atoms with Crippen LogP contribution in [-0.2, 0) is 38.8 Å². The predicted molar refractivity (Wildman–Crippen MR) is 163 cm³/mol. The van der Waals surface area contributed by atoms with E-state index in [4.69, 9.17) is 14.2 Å². The molecule has 1 amide bonds. The number of nitrogens with one attached hydrogen (secondary N) is 2. The van der Waals surface area contributed by atoms with Crippen molar-refractivity contribution in [1.82, 2.24) is 10.6 Å². The van der Waals surface area contributed by atoms with E-state index < -0.39 is 18.2 Å². The van der Waals surface area contributed by atoms with Crippen molar-refractivity contribution < 1.29 is 19.0 Å².